The van der Waals surface area contributed by atoms with Gasteiger partial charge in [0.15, 0.2) is 5.79 Å². The van der Waals surface area contributed by atoms with Crippen molar-refractivity contribution < 1.29 is 14.3 Å². The van der Waals surface area contributed by atoms with Crippen molar-refractivity contribution in [2.45, 2.75) is 25.6 Å². The highest BCUT2D eigenvalue weighted by molar-refractivity contribution is 6.30. The van der Waals surface area contributed by atoms with Gasteiger partial charge in [-0.2, -0.15) is 0 Å². The number of carbonyl (C=O) groups is 1. The minimum Gasteiger partial charge on any atom is -0.347 e. The van der Waals surface area contributed by atoms with E-state index in [-0.39, 0.29) is 5.91 Å². The van der Waals surface area contributed by atoms with Crippen LogP contribution in [0.15, 0.2) is 30.6 Å². The summed E-state index contributed by atoms with van der Waals surface area (Å²) in [5, 5.41) is 3.84. The molecule has 1 N–H and O–H groups in total. The number of hydrogen-bond donors (Lipinski definition) is 1. The minimum atomic E-state index is -0.501. The second kappa shape index (κ2) is 7.42. The molecule has 0 saturated carbocycles. The molecule has 1 spiro atoms. The Bertz CT molecular complexity index is 845. The van der Waals surface area contributed by atoms with Gasteiger partial charge in [-0.15, -0.1) is 0 Å². The second-order valence-electron chi connectivity index (χ2n) is 6.77. The number of anilines is 2. The number of ether oxygens (including phenoxy) is 2. The molecule has 7 nitrogen and oxygen atoms in total. The average Bonchev–Trinajstić information content (AvgIpc) is 3.13. The first-order valence-electron chi connectivity index (χ1n) is 8.97. The van der Waals surface area contributed by atoms with Gasteiger partial charge in [0.2, 0.25) is 0 Å². The highest BCUT2D eigenvalue weighted by atomic mass is 35.5. The molecular formula is C19H21ClN4O3. The predicted molar refractivity (Wildman–Crippen MR) is 101 cm³/mol. The maximum Gasteiger partial charge on any atom is 0.272 e. The monoisotopic (exact) mass is 388 g/mol. The standard InChI is InChI=1S/C19H21ClN4O3/c1-13-2-3-14(20)10-15(13)23-17-11-16(21-12-22-17)18(25)24-6-4-19(5-7-24)26-8-9-27-19/h2-3,10-12H,4-9H2,1H3,(H,21,22,23). The Kier molecular flexibility index (Phi) is 4.99. The zero-order valence-electron chi connectivity index (χ0n) is 15.1. The minimum absolute atomic E-state index is 0.115. The van der Waals surface area contributed by atoms with Gasteiger partial charge in [0, 0.05) is 42.7 Å². The van der Waals surface area contributed by atoms with Gasteiger partial charge in [-0.25, -0.2) is 9.97 Å². The van der Waals surface area contributed by atoms with Crippen LogP contribution in [0.4, 0.5) is 11.5 Å². The summed E-state index contributed by atoms with van der Waals surface area (Å²) in [4.78, 5) is 23.0. The molecule has 4 rings (SSSR count). The van der Waals surface area contributed by atoms with E-state index >= 15 is 0 Å². The molecule has 1 amide bonds. The van der Waals surface area contributed by atoms with Crippen molar-refractivity contribution in [3.8, 4) is 0 Å². The van der Waals surface area contributed by atoms with Crippen LogP contribution in [0.3, 0.4) is 0 Å². The molecule has 8 heteroatoms. The van der Waals surface area contributed by atoms with Crippen LogP contribution in [0.1, 0.15) is 28.9 Å². The fourth-order valence-corrected chi connectivity index (χ4v) is 3.58. The first-order valence-corrected chi connectivity index (χ1v) is 9.35. The summed E-state index contributed by atoms with van der Waals surface area (Å²) < 4.78 is 11.4. The molecule has 0 radical (unpaired) electrons. The van der Waals surface area contributed by atoms with Crippen LogP contribution < -0.4 is 5.32 Å². The number of amides is 1. The smallest absolute Gasteiger partial charge is 0.272 e. The van der Waals surface area contributed by atoms with Gasteiger partial charge >= 0.3 is 0 Å². The fourth-order valence-electron chi connectivity index (χ4n) is 3.41. The maximum atomic E-state index is 12.8. The predicted octanol–water partition coefficient (Wildman–Crippen LogP) is 3.16. The van der Waals surface area contributed by atoms with Crippen molar-refractivity contribution in [2.24, 2.45) is 0 Å². The summed E-state index contributed by atoms with van der Waals surface area (Å²) in [6, 6.07) is 7.24. The van der Waals surface area contributed by atoms with Crippen molar-refractivity contribution in [1.29, 1.82) is 0 Å². The van der Waals surface area contributed by atoms with Crippen molar-refractivity contribution in [3.63, 3.8) is 0 Å². The average molecular weight is 389 g/mol. The van der Waals surface area contributed by atoms with Crippen molar-refractivity contribution in [2.75, 3.05) is 31.6 Å². The summed E-state index contributed by atoms with van der Waals surface area (Å²) in [6.07, 6.45) is 2.75. The molecule has 2 aliphatic heterocycles. The van der Waals surface area contributed by atoms with E-state index in [2.05, 4.69) is 15.3 Å². The number of nitrogens with zero attached hydrogens (tertiary/aromatic N) is 3. The van der Waals surface area contributed by atoms with Crippen LogP contribution in [-0.2, 0) is 9.47 Å². The normalized spacial score (nSPS) is 18.7. The lowest BCUT2D eigenvalue weighted by atomic mass is 10.0. The second-order valence-corrected chi connectivity index (χ2v) is 7.21. The SMILES string of the molecule is Cc1ccc(Cl)cc1Nc1cc(C(=O)N2CCC3(CC2)OCCO3)ncn1. The van der Waals surface area contributed by atoms with Gasteiger partial charge in [-0.05, 0) is 24.6 Å². The number of carbonyl (C=O) groups excluding carboxylic acids is 1. The van der Waals surface area contributed by atoms with E-state index in [1.54, 1.807) is 11.0 Å². The van der Waals surface area contributed by atoms with E-state index in [1.165, 1.54) is 6.33 Å². The van der Waals surface area contributed by atoms with Crippen molar-refractivity contribution >= 4 is 29.0 Å². The van der Waals surface area contributed by atoms with Gasteiger partial charge in [-0.1, -0.05) is 17.7 Å². The first kappa shape index (κ1) is 18.2. The summed E-state index contributed by atoms with van der Waals surface area (Å²) in [7, 11) is 0. The Morgan fingerprint density at radius 1 is 1.19 bits per heavy atom. The number of aryl methyl sites for hydroxylation is 1. The topological polar surface area (TPSA) is 76.6 Å². The molecule has 2 saturated heterocycles. The lowest BCUT2D eigenvalue weighted by molar-refractivity contribution is -0.181. The third-order valence-corrected chi connectivity index (χ3v) is 5.21. The van der Waals surface area contributed by atoms with Gasteiger partial charge in [0.1, 0.15) is 17.8 Å². The number of aromatic nitrogens is 2. The van der Waals surface area contributed by atoms with Gasteiger partial charge in [0.05, 0.1) is 13.2 Å². The van der Waals surface area contributed by atoms with Crippen LogP contribution in [0.2, 0.25) is 5.02 Å². The van der Waals surface area contributed by atoms with E-state index in [0.29, 0.717) is 55.7 Å². The Balaban J connectivity index is 1.46. The van der Waals surface area contributed by atoms with Crippen molar-refractivity contribution in [3.05, 3.63) is 46.9 Å². The summed E-state index contributed by atoms with van der Waals surface area (Å²) in [5.41, 5.74) is 2.23. The molecule has 27 heavy (non-hydrogen) atoms. The quantitative estimate of drug-likeness (QED) is 0.870. The van der Waals surface area contributed by atoms with E-state index in [9.17, 15) is 4.79 Å². The molecule has 142 valence electrons. The highest BCUT2D eigenvalue weighted by Crippen LogP contribution is 2.31. The van der Waals surface area contributed by atoms with Gasteiger partial charge in [0.25, 0.3) is 5.91 Å². The Labute approximate surface area is 162 Å². The zero-order valence-corrected chi connectivity index (χ0v) is 15.8. The largest absolute Gasteiger partial charge is 0.347 e. The molecule has 2 aromatic rings. The molecule has 2 aliphatic rings. The molecule has 2 fully saturated rings. The number of benzene rings is 1. The van der Waals surface area contributed by atoms with E-state index in [4.69, 9.17) is 21.1 Å². The first-order chi connectivity index (χ1) is 13.0. The third kappa shape index (κ3) is 3.90. The third-order valence-electron chi connectivity index (χ3n) is 4.97. The maximum absolute atomic E-state index is 12.8. The fraction of sp³-hybridized carbons (Fsp3) is 0.421. The number of hydrogen-bond acceptors (Lipinski definition) is 6. The molecule has 0 bridgehead atoms. The lowest BCUT2D eigenvalue weighted by Gasteiger charge is -2.37. The molecule has 1 aromatic heterocycles. The van der Waals surface area contributed by atoms with Gasteiger partial charge in [-0.3, -0.25) is 4.79 Å². The number of halogens is 1. The lowest BCUT2D eigenvalue weighted by Crippen LogP contribution is -2.47. The number of nitrogens with one attached hydrogen (secondary N) is 1. The molecule has 0 atom stereocenters. The zero-order chi connectivity index (χ0) is 18.9. The Morgan fingerprint density at radius 2 is 1.93 bits per heavy atom. The number of rotatable bonds is 3. The summed E-state index contributed by atoms with van der Waals surface area (Å²) in [5.74, 6) is -0.0648. The Hall–Kier alpha value is -2.22. The van der Waals surface area contributed by atoms with Crippen molar-refractivity contribution in [1.82, 2.24) is 14.9 Å². The van der Waals surface area contributed by atoms with Crippen LogP contribution >= 0.6 is 11.6 Å². The van der Waals surface area contributed by atoms with E-state index < -0.39 is 5.79 Å². The van der Waals surface area contributed by atoms with Gasteiger partial charge < -0.3 is 19.7 Å². The molecule has 0 unspecified atom stereocenters. The van der Waals surface area contributed by atoms with E-state index in [1.807, 2.05) is 25.1 Å². The number of piperidine rings is 1. The van der Waals surface area contributed by atoms with E-state index in [0.717, 1.165) is 11.3 Å². The van der Waals surface area contributed by atoms with Crippen LogP contribution in [-0.4, -0.2) is 52.9 Å². The Morgan fingerprint density at radius 3 is 2.67 bits per heavy atom. The molecule has 3 heterocycles. The number of likely N-dealkylation sites (tertiary alicyclic amines) is 1. The highest BCUT2D eigenvalue weighted by Gasteiger charge is 2.41. The van der Waals surface area contributed by atoms with Crippen LogP contribution in [0, 0.1) is 6.92 Å². The summed E-state index contributed by atoms with van der Waals surface area (Å²) >= 11 is 6.06. The van der Waals surface area contributed by atoms with Crippen LogP contribution in [0.25, 0.3) is 0 Å². The molecule has 1 aromatic carbocycles. The van der Waals surface area contributed by atoms with Crippen LogP contribution in [0.5, 0.6) is 0 Å². The summed E-state index contributed by atoms with van der Waals surface area (Å²) in [6.45, 7) is 4.39. The molecule has 0 aliphatic carbocycles. The molecular weight excluding hydrogens is 368 g/mol.